The van der Waals surface area contributed by atoms with Crippen molar-refractivity contribution in [1.29, 1.82) is 0 Å². The molecule has 2 aromatic carbocycles. The van der Waals surface area contributed by atoms with Crippen LogP contribution in [0, 0.1) is 11.7 Å². The summed E-state index contributed by atoms with van der Waals surface area (Å²) in [5, 5.41) is 12.6. The maximum absolute atomic E-state index is 14.3. The van der Waals surface area contributed by atoms with Crippen LogP contribution in [-0.4, -0.2) is 38.2 Å². The molecule has 4 heterocycles. The molecule has 9 heteroatoms. The van der Waals surface area contributed by atoms with Crippen molar-refractivity contribution in [3.8, 4) is 39.4 Å². The third-order valence-corrected chi connectivity index (χ3v) is 8.34. The van der Waals surface area contributed by atoms with E-state index < -0.39 is 0 Å². The fourth-order valence-electron chi connectivity index (χ4n) is 6.18. The number of nitrogens with zero attached hydrogens (tertiary/aromatic N) is 3. The number of aromatic amines is 2. The van der Waals surface area contributed by atoms with Gasteiger partial charge in [0.15, 0.2) is 0 Å². The van der Waals surface area contributed by atoms with Crippen LogP contribution < -0.4 is 10.1 Å². The smallest absolute Gasteiger partial charge is 0.224 e. The molecular weight excluding hydrogens is 543 g/mol. The van der Waals surface area contributed by atoms with Crippen molar-refractivity contribution in [2.45, 2.75) is 38.5 Å². The Morgan fingerprint density at radius 2 is 1.77 bits per heavy atom. The number of halogens is 1. The first-order valence-electron chi connectivity index (χ1n) is 14.6. The van der Waals surface area contributed by atoms with Crippen LogP contribution in [0.1, 0.15) is 38.5 Å². The first-order valence-corrected chi connectivity index (χ1v) is 14.6. The third kappa shape index (κ3) is 5.46. The Kier molecular flexibility index (Phi) is 7.06. The van der Waals surface area contributed by atoms with Gasteiger partial charge in [-0.15, -0.1) is 0 Å². The summed E-state index contributed by atoms with van der Waals surface area (Å²) in [6.07, 6.45) is 13.5. The van der Waals surface area contributed by atoms with E-state index in [1.54, 1.807) is 30.9 Å². The second-order valence-electron chi connectivity index (χ2n) is 11.3. The minimum atomic E-state index is -0.379. The van der Waals surface area contributed by atoms with Crippen molar-refractivity contribution in [2.24, 2.45) is 5.92 Å². The highest BCUT2D eigenvalue weighted by molar-refractivity contribution is 6.01. The van der Waals surface area contributed by atoms with Crippen molar-refractivity contribution >= 4 is 33.4 Å². The molecule has 8 nitrogen and oxygen atoms in total. The number of H-pyrrole nitrogens is 2. The van der Waals surface area contributed by atoms with E-state index in [1.165, 1.54) is 38.5 Å². The number of nitrogens with one attached hydrogen (secondary N) is 3. The quantitative estimate of drug-likeness (QED) is 0.180. The topological polar surface area (TPSA) is 109 Å². The molecule has 0 radical (unpaired) electrons. The molecule has 43 heavy (non-hydrogen) atoms. The Balaban J connectivity index is 1.20. The van der Waals surface area contributed by atoms with Crippen molar-refractivity contribution in [1.82, 2.24) is 25.1 Å². The monoisotopic (exact) mass is 574 g/mol. The van der Waals surface area contributed by atoms with Crippen LogP contribution in [0.3, 0.4) is 0 Å². The van der Waals surface area contributed by atoms with Gasteiger partial charge in [0, 0.05) is 46.8 Å². The molecule has 0 aliphatic heterocycles. The van der Waals surface area contributed by atoms with Gasteiger partial charge in [0.2, 0.25) is 5.91 Å². The highest BCUT2D eigenvalue weighted by atomic mass is 19.1. The van der Waals surface area contributed by atoms with Crippen LogP contribution in [0.4, 0.5) is 10.1 Å². The van der Waals surface area contributed by atoms with E-state index in [0.717, 1.165) is 62.7 Å². The molecule has 1 saturated carbocycles. The van der Waals surface area contributed by atoms with Crippen LogP contribution in [-0.2, 0) is 4.79 Å². The highest BCUT2D eigenvalue weighted by Gasteiger charge is 2.18. The molecule has 4 aromatic heterocycles. The fraction of sp³-hybridized carbons (Fsp3) is 0.235. The van der Waals surface area contributed by atoms with Gasteiger partial charge in [0.05, 0.1) is 41.9 Å². The molecule has 3 N–H and O–H groups in total. The van der Waals surface area contributed by atoms with Gasteiger partial charge >= 0.3 is 0 Å². The SMILES string of the molecule is COc1cc(F)cc(-c2cncc3[nH]c(-c4n[nH]c5ccc(-c6cncc(NC(=O)CC7CCCCC7)c6)cc45)cc23)c1. The average Bonchev–Trinajstić information content (AvgIpc) is 3.65. The number of anilines is 1. The summed E-state index contributed by atoms with van der Waals surface area (Å²) in [6.45, 7) is 0. The highest BCUT2D eigenvalue weighted by Crippen LogP contribution is 2.36. The normalized spacial score (nSPS) is 13.9. The number of carbonyl (C=O) groups excluding carboxylic acids is 1. The van der Waals surface area contributed by atoms with E-state index in [0.29, 0.717) is 29.3 Å². The number of benzene rings is 2. The Morgan fingerprint density at radius 3 is 2.63 bits per heavy atom. The number of rotatable bonds is 7. The first kappa shape index (κ1) is 26.8. The first-order chi connectivity index (χ1) is 21.0. The van der Waals surface area contributed by atoms with E-state index in [-0.39, 0.29) is 11.7 Å². The number of pyridine rings is 2. The van der Waals surface area contributed by atoms with E-state index in [4.69, 9.17) is 4.74 Å². The lowest BCUT2D eigenvalue weighted by atomic mass is 9.87. The lowest BCUT2D eigenvalue weighted by Crippen LogP contribution is -2.18. The number of aromatic nitrogens is 5. The lowest BCUT2D eigenvalue weighted by molar-refractivity contribution is -0.117. The van der Waals surface area contributed by atoms with Gasteiger partial charge in [-0.1, -0.05) is 25.3 Å². The van der Waals surface area contributed by atoms with Gasteiger partial charge in [-0.3, -0.25) is 19.9 Å². The van der Waals surface area contributed by atoms with Crippen molar-refractivity contribution < 1.29 is 13.9 Å². The molecule has 0 unspecified atom stereocenters. The summed E-state index contributed by atoms with van der Waals surface area (Å²) in [7, 11) is 1.52. The maximum atomic E-state index is 14.3. The Labute approximate surface area is 247 Å². The minimum Gasteiger partial charge on any atom is -0.497 e. The van der Waals surface area contributed by atoms with Crippen LogP contribution >= 0.6 is 0 Å². The molecule has 0 spiro atoms. The van der Waals surface area contributed by atoms with E-state index in [9.17, 15) is 9.18 Å². The van der Waals surface area contributed by atoms with E-state index in [1.807, 2.05) is 24.3 Å². The molecule has 1 aliphatic rings. The summed E-state index contributed by atoms with van der Waals surface area (Å²) < 4.78 is 19.6. The molecule has 1 aliphatic carbocycles. The third-order valence-electron chi connectivity index (χ3n) is 8.34. The summed E-state index contributed by atoms with van der Waals surface area (Å²) in [6, 6.07) is 14.7. The Hall–Kier alpha value is -5.05. The summed E-state index contributed by atoms with van der Waals surface area (Å²) in [5.41, 5.74) is 7.25. The van der Waals surface area contributed by atoms with E-state index in [2.05, 4.69) is 36.5 Å². The van der Waals surface area contributed by atoms with Gasteiger partial charge in [-0.2, -0.15) is 5.10 Å². The fourth-order valence-corrected chi connectivity index (χ4v) is 6.18. The Bertz CT molecular complexity index is 1960. The number of methoxy groups -OCH3 is 1. The molecule has 0 bridgehead atoms. The zero-order valence-corrected chi connectivity index (χ0v) is 23.8. The molecule has 0 atom stereocenters. The molecule has 6 aromatic rings. The average molecular weight is 575 g/mol. The zero-order valence-electron chi connectivity index (χ0n) is 23.8. The van der Waals surface area contributed by atoms with Crippen molar-refractivity contribution in [3.05, 3.63) is 79.1 Å². The lowest BCUT2D eigenvalue weighted by Gasteiger charge is -2.20. The second kappa shape index (κ2) is 11.3. The molecule has 216 valence electrons. The van der Waals surface area contributed by atoms with Gasteiger partial charge in [-0.05, 0) is 66.3 Å². The maximum Gasteiger partial charge on any atom is 0.224 e. The van der Waals surface area contributed by atoms with Crippen molar-refractivity contribution in [2.75, 3.05) is 12.4 Å². The van der Waals surface area contributed by atoms with Crippen LogP contribution in [0.5, 0.6) is 5.75 Å². The number of fused-ring (bicyclic) bond motifs is 2. The summed E-state index contributed by atoms with van der Waals surface area (Å²) in [4.78, 5) is 25.0. The number of carbonyl (C=O) groups is 1. The van der Waals surface area contributed by atoms with Crippen LogP contribution in [0.25, 0.3) is 55.4 Å². The zero-order chi connectivity index (χ0) is 29.3. The molecule has 7 rings (SSSR count). The summed E-state index contributed by atoms with van der Waals surface area (Å²) in [5.74, 6) is 0.578. The van der Waals surface area contributed by atoms with E-state index >= 15 is 0 Å². The molecule has 1 fully saturated rings. The van der Waals surface area contributed by atoms with Gasteiger partial charge in [-0.25, -0.2) is 4.39 Å². The predicted molar refractivity (Wildman–Crippen MR) is 166 cm³/mol. The largest absolute Gasteiger partial charge is 0.497 e. The number of ether oxygens (including phenoxy) is 1. The summed E-state index contributed by atoms with van der Waals surface area (Å²) >= 11 is 0. The molecule has 0 saturated heterocycles. The Morgan fingerprint density at radius 1 is 0.907 bits per heavy atom. The number of hydrogen-bond acceptors (Lipinski definition) is 5. The minimum absolute atomic E-state index is 0.0442. The standard InChI is InChI=1S/C34H31FN6O2/c1-43-26-12-22(10-24(35)14-26)29-18-37-19-32-27(29)15-31(39-32)34-28-13-21(7-8-30(28)40-41-34)23-11-25(17-36-16-23)38-33(42)9-20-5-3-2-4-6-20/h7-8,10-20,39H,2-6,9H2,1H3,(H,38,42)(H,40,41). The molecule has 1 amide bonds. The van der Waals surface area contributed by atoms with Gasteiger partial charge < -0.3 is 15.0 Å². The number of amides is 1. The van der Waals surface area contributed by atoms with Gasteiger partial charge in [0.25, 0.3) is 0 Å². The molecular formula is C34H31FN6O2. The predicted octanol–water partition coefficient (Wildman–Crippen LogP) is 7.89. The van der Waals surface area contributed by atoms with Crippen LogP contribution in [0.15, 0.2) is 73.3 Å². The van der Waals surface area contributed by atoms with Crippen LogP contribution in [0.2, 0.25) is 0 Å². The second-order valence-corrected chi connectivity index (χ2v) is 11.3. The van der Waals surface area contributed by atoms with Gasteiger partial charge in [0.1, 0.15) is 17.3 Å². The number of hydrogen-bond donors (Lipinski definition) is 3. The van der Waals surface area contributed by atoms with Crippen molar-refractivity contribution in [3.63, 3.8) is 0 Å².